The van der Waals surface area contributed by atoms with Gasteiger partial charge in [-0.05, 0) is 7.05 Å². The van der Waals surface area contributed by atoms with Crippen LogP contribution in [-0.2, 0) is 4.79 Å². The van der Waals surface area contributed by atoms with Crippen molar-refractivity contribution >= 4 is 5.91 Å². The molecule has 1 aliphatic rings. The van der Waals surface area contributed by atoms with Gasteiger partial charge in [0.1, 0.15) is 0 Å². The number of rotatable bonds is 2. The molecule has 0 aromatic rings. The first-order valence-electron chi connectivity index (χ1n) is 4.33. The van der Waals surface area contributed by atoms with Crippen LogP contribution in [0.25, 0.3) is 0 Å². The molecule has 1 fully saturated rings. The Morgan fingerprint density at radius 3 is 2.62 bits per heavy atom. The molecule has 1 rings (SSSR count). The zero-order chi connectivity index (χ0) is 10.0. The highest BCUT2D eigenvalue weighted by molar-refractivity contribution is 5.72. The maximum Gasteiger partial charge on any atom is 0.216 e. The molecule has 1 aliphatic heterocycles. The quantitative estimate of drug-likeness (QED) is 0.476. The summed E-state index contributed by atoms with van der Waals surface area (Å²) in [7, 11) is 1.81. The molecule has 5 nitrogen and oxygen atoms in total. The molecule has 3 unspecified atom stereocenters. The molecule has 13 heavy (non-hydrogen) atoms. The van der Waals surface area contributed by atoms with E-state index in [0.717, 1.165) is 0 Å². The first kappa shape index (κ1) is 10.4. The van der Waals surface area contributed by atoms with Gasteiger partial charge in [0.15, 0.2) is 0 Å². The Morgan fingerprint density at radius 2 is 2.23 bits per heavy atom. The number of β-amino-alcohol motifs (C(OH)–C–C–N with tert-alkyl or cyclic N) is 1. The lowest BCUT2D eigenvalue weighted by Crippen LogP contribution is -2.43. The smallest absolute Gasteiger partial charge is 0.216 e. The minimum atomic E-state index is -0.767. The van der Waals surface area contributed by atoms with Gasteiger partial charge in [-0.1, -0.05) is 0 Å². The van der Waals surface area contributed by atoms with Crippen molar-refractivity contribution in [3.8, 4) is 0 Å². The number of amides is 1. The summed E-state index contributed by atoms with van der Waals surface area (Å²) < 4.78 is 0. The van der Waals surface area contributed by atoms with Crippen molar-refractivity contribution in [2.24, 2.45) is 0 Å². The summed E-state index contributed by atoms with van der Waals surface area (Å²) in [6.07, 6.45) is -1.47. The Balaban J connectivity index is 2.44. The van der Waals surface area contributed by atoms with E-state index < -0.39 is 12.2 Å². The molecule has 0 aromatic heterocycles. The summed E-state index contributed by atoms with van der Waals surface area (Å²) in [5.74, 6) is -0.123. The number of aliphatic hydroxyl groups excluding tert-OH is 2. The molecule has 0 aliphatic carbocycles. The maximum atomic E-state index is 10.6. The number of hydrogen-bond acceptors (Lipinski definition) is 4. The average molecular weight is 188 g/mol. The summed E-state index contributed by atoms with van der Waals surface area (Å²) in [5, 5.41) is 21.4. The topological polar surface area (TPSA) is 72.8 Å². The van der Waals surface area contributed by atoms with Gasteiger partial charge in [0, 0.05) is 20.0 Å². The van der Waals surface area contributed by atoms with Crippen molar-refractivity contribution < 1.29 is 15.0 Å². The van der Waals surface area contributed by atoms with E-state index in [2.05, 4.69) is 5.32 Å². The monoisotopic (exact) mass is 188 g/mol. The van der Waals surface area contributed by atoms with E-state index in [9.17, 15) is 15.0 Å². The van der Waals surface area contributed by atoms with Gasteiger partial charge in [-0.25, -0.2) is 0 Å². The molecule has 0 saturated carbocycles. The van der Waals surface area contributed by atoms with E-state index in [0.29, 0.717) is 13.1 Å². The third-order valence-corrected chi connectivity index (χ3v) is 2.39. The molecule has 5 heteroatoms. The van der Waals surface area contributed by atoms with Crippen molar-refractivity contribution in [3.05, 3.63) is 0 Å². The number of aliphatic hydroxyl groups is 2. The molecule has 0 bridgehead atoms. The Kier molecular flexibility index (Phi) is 3.24. The van der Waals surface area contributed by atoms with Crippen molar-refractivity contribution in [3.63, 3.8) is 0 Å². The normalized spacial score (nSPS) is 34.9. The summed E-state index contributed by atoms with van der Waals surface area (Å²) in [6.45, 7) is 2.26. The predicted molar refractivity (Wildman–Crippen MR) is 47.1 cm³/mol. The average Bonchev–Trinajstić information content (AvgIpc) is 2.24. The van der Waals surface area contributed by atoms with Crippen LogP contribution in [0.1, 0.15) is 6.92 Å². The van der Waals surface area contributed by atoms with E-state index in [1.54, 1.807) is 0 Å². The van der Waals surface area contributed by atoms with Crippen LogP contribution in [-0.4, -0.2) is 59.4 Å². The number of hydrogen-bond donors (Lipinski definition) is 3. The number of likely N-dealkylation sites (N-methyl/N-ethyl adjacent to an activating group) is 1. The van der Waals surface area contributed by atoms with Crippen LogP contribution in [0.4, 0.5) is 0 Å². The van der Waals surface area contributed by atoms with Crippen LogP contribution in [0.2, 0.25) is 0 Å². The predicted octanol–water partition coefficient (Wildman–Crippen LogP) is -1.84. The lowest BCUT2D eigenvalue weighted by Gasteiger charge is -2.21. The number of carbonyl (C=O) groups excluding carboxylic acids is 1. The fourth-order valence-electron chi connectivity index (χ4n) is 1.58. The minimum Gasteiger partial charge on any atom is -0.389 e. The van der Waals surface area contributed by atoms with E-state index >= 15 is 0 Å². The summed E-state index contributed by atoms with van der Waals surface area (Å²) in [4.78, 5) is 12.5. The largest absolute Gasteiger partial charge is 0.389 e. The van der Waals surface area contributed by atoms with Crippen LogP contribution in [0.15, 0.2) is 0 Å². The van der Waals surface area contributed by atoms with Crippen molar-refractivity contribution in [2.75, 3.05) is 20.1 Å². The lowest BCUT2D eigenvalue weighted by atomic mass is 10.1. The van der Waals surface area contributed by atoms with Crippen LogP contribution in [0, 0.1) is 0 Å². The van der Waals surface area contributed by atoms with Crippen molar-refractivity contribution in [1.29, 1.82) is 0 Å². The zero-order valence-electron chi connectivity index (χ0n) is 7.90. The van der Waals surface area contributed by atoms with Gasteiger partial charge in [-0.3, -0.25) is 9.69 Å². The number of nitrogens with one attached hydrogen (secondary N) is 1. The maximum absolute atomic E-state index is 10.6. The van der Waals surface area contributed by atoms with Crippen LogP contribution in [0.3, 0.4) is 0 Å². The van der Waals surface area contributed by atoms with Crippen LogP contribution in [0.5, 0.6) is 0 Å². The number of likely N-dealkylation sites (tertiary alicyclic amines) is 1. The molecule has 0 spiro atoms. The first-order valence-corrected chi connectivity index (χ1v) is 4.33. The Labute approximate surface area is 77.3 Å². The Bertz CT molecular complexity index is 198. The molecule has 0 radical (unpaired) electrons. The second-order valence-corrected chi connectivity index (χ2v) is 3.50. The molecular formula is C8H16N2O3. The van der Waals surface area contributed by atoms with E-state index in [1.807, 2.05) is 11.9 Å². The Morgan fingerprint density at radius 1 is 1.62 bits per heavy atom. The highest BCUT2D eigenvalue weighted by Gasteiger charge is 2.37. The molecule has 3 atom stereocenters. The minimum absolute atomic E-state index is 0.123. The molecule has 3 N–H and O–H groups in total. The number of nitrogens with zero attached hydrogens (tertiary/aromatic N) is 1. The van der Waals surface area contributed by atoms with E-state index in [4.69, 9.17) is 0 Å². The fraction of sp³-hybridized carbons (Fsp3) is 0.875. The highest BCUT2D eigenvalue weighted by atomic mass is 16.3. The lowest BCUT2D eigenvalue weighted by molar-refractivity contribution is -0.119. The fourth-order valence-corrected chi connectivity index (χ4v) is 1.58. The van der Waals surface area contributed by atoms with Gasteiger partial charge in [0.2, 0.25) is 5.91 Å². The van der Waals surface area contributed by atoms with Gasteiger partial charge in [0.25, 0.3) is 0 Å². The standard InChI is InChI=1S/C8H16N2O3/c1-5(11)9-3-6-8(13)7(12)4-10(6)2/h6-8,12-13H,3-4H2,1-2H3,(H,9,11). The van der Waals surface area contributed by atoms with Gasteiger partial charge < -0.3 is 15.5 Å². The highest BCUT2D eigenvalue weighted by Crippen LogP contribution is 2.15. The summed E-state index contributed by atoms with van der Waals surface area (Å²) >= 11 is 0. The molecule has 0 aromatic carbocycles. The summed E-state index contributed by atoms with van der Waals surface area (Å²) in [6, 6.07) is -0.182. The third-order valence-electron chi connectivity index (χ3n) is 2.39. The third kappa shape index (κ3) is 2.40. The SMILES string of the molecule is CC(=O)NCC1C(O)C(O)CN1C. The molecular weight excluding hydrogens is 172 g/mol. The van der Waals surface area contributed by atoms with Crippen LogP contribution >= 0.6 is 0 Å². The van der Waals surface area contributed by atoms with Gasteiger partial charge in [-0.15, -0.1) is 0 Å². The molecule has 1 heterocycles. The van der Waals surface area contributed by atoms with Gasteiger partial charge in [0.05, 0.1) is 18.2 Å². The second kappa shape index (κ2) is 4.04. The molecule has 76 valence electrons. The van der Waals surface area contributed by atoms with E-state index in [1.165, 1.54) is 6.92 Å². The van der Waals surface area contributed by atoms with Gasteiger partial charge >= 0.3 is 0 Å². The molecule has 1 amide bonds. The Hall–Kier alpha value is -0.650. The molecule has 1 saturated heterocycles. The second-order valence-electron chi connectivity index (χ2n) is 3.50. The van der Waals surface area contributed by atoms with Crippen molar-refractivity contribution in [1.82, 2.24) is 10.2 Å². The zero-order valence-corrected chi connectivity index (χ0v) is 7.90. The van der Waals surface area contributed by atoms with Crippen LogP contribution < -0.4 is 5.32 Å². The van der Waals surface area contributed by atoms with Gasteiger partial charge in [-0.2, -0.15) is 0 Å². The number of carbonyl (C=O) groups is 1. The van der Waals surface area contributed by atoms with E-state index in [-0.39, 0.29) is 11.9 Å². The van der Waals surface area contributed by atoms with Crippen molar-refractivity contribution in [2.45, 2.75) is 25.2 Å². The summed E-state index contributed by atoms with van der Waals surface area (Å²) in [5.41, 5.74) is 0. The first-order chi connectivity index (χ1) is 6.02.